The predicted octanol–water partition coefficient (Wildman–Crippen LogP) is 5.31. The SMILES string of the molecule is C=CCn1c(SCC(=O)N(Cc2ccco2)C2=CCCCC2)nnc1-c1ccc(OC)cc1. The Balaban J connectivity index is 1.51. The molecule has 33 heavy (non-hydrogen) atoms. The first kappa shape index (κ1) is 22.9. The van der Waals surface area contributed by atoms with Gasteiger partial charge in [-0.15, -0.1) is 16.8 Å². The quantitative estimate of drug-likeness (QED) is 0.299. The molecule has 0 atom stereocenters. The summed E-state index contributed by atoms with van der Waals surface area (Å²) in [6, 6.07) is 11.4. The van der Waals surface area contributed by atoms with Gasteiger partial charge in [-0.05, 0) is 62.1 Å². The fraction of sp³-hybridized carbons (Fsp3) is 0.320. The molecule has 0 radical (unpaired) electrons. The average Bonchev–Trinajstić information content (AvgIpc) is 3.52. The van der Waals surface area contributed by atoms with E-state index in [-0.39, 0.29) is 11.7 Å². The van der Waals surface area contributed by atoms with Crippen molar-refractivity contribution >= 4 is 17.7 Å². The molecular weight excluding hydrogens is 436 g/mol. The molecule has 2 heterocycles. The number of rotatable bonds is 10. The van der Waals surface area contributed by atoms with Gasteiger partial charge in [-0.1, -0.05) is 23.9 Å². The zero-order valence-electron chi connectivity index (χ0n) is 18.8. The molecule has 7 nitrogen and oxygen atoms in total. The Labute approximate surface area is 198 Å². The lowest BCUT2D eigenvalue weighted by atomic mass is 10.0. The number of carbonyl (C=O) groups is 1. The van der Waals surface area contributed by atoms with Gasteiger partial charge in [0, 0.05) is 17.8 Å². The van der Waals surface area contributed by atoms with Crippen molar-refractivity contribution in [3.8, 4) is 17.1 Å². The monoisotopic (exact) mass is 464 g/mol. The normalized spacial score (nSPS) is 13.4. The van der Waals surface area contributed by atoms with Crippen molar-refractivity contribution in [3.05, 3.63) is 72.8 Å². The number of nitrogens with zero attached hydrogens (tertiary/aromatic N) is 4. The average molecular weight is 465 g/mol. The molecule has 172 valence electrons. The van der Waals surface area contributed by atoms with Gasteiger partial charge < -0.3 is 14.1 Å². The molecule has 3 aromatic rings. The van der Waals surface area contributed by atoms with Gasteiger partial charge in [0.25, 0.3) is 0 Å². The van der Waals surface area contributed by atoms with Gasteiger partial charge in [0.15, 0.2) is 11.0 Å². The fourth-order valence-electron chi connectivity index (χ4n) is 3.82. The minimum absolute atomic E-state index is 0.0312. The largest absolute Gasteiger partial charge is 0.497 e. The van der Waals surface area contributed by atoms with Crippen molar-refractivity contribution < 1.29 is 13.9 Å². The summed E-state index contributed by atoms with van der Waals surface area (Å²) in [7, 11) is 1.64. The first-order chi connectivity index (χ1) is 16.2. The highest BCUT2D eigenvalue weighted by Crippen LogP contribution is 2.28. The van der Waals surface area contributed by atoms with Crippen LogP contribution >= 0.6 is 11.8 Å². The van der Waals surface area contributed by atoms with Crippen molar-refractivity contribution in [2.75, 3.05) is 12.9 Å². The maximum absolute atomic E-state index is 13.3. The molecule has 0 aliphatic heterocycles. The van der Waals surface area contributed by atoms with E-state index in [2.05, 4.69) is 22.9 Å². The van der Waals surface area contributed by atoms with Gasteiger partial charge >= 0.3 is 0 Å². The smallest absolute Gasteiger partial charge is 0.237 e. The lowest BCUT2D eigenvalue weighted by Crippen LogP contribution is -2.32. The lowest BCUT2D eigenvalue weighted by Gasteiger charge is -2.27. The molecular formula is C25H28N4O3S. The zero-order valence-corrected chi connectivity index (χ0v) is 19.6. The first-order valence-corrected chi connectivity index (χ1v) is 12.0. The van der Waals surface area contributed by atoms with Crippen molar-refractivity contribution in [2.45, 2.75) is 43.9 Å². The van der Waals surface area contributed by atoms with Gasteiger partial charge in [-0.2, -0.15) is 0 Å². The third kappa shape index (κ3) is 5.57. The van der Waals surface area contributed by atoms with E-state index in [1.165, 1.54) is 18.2 Å². The molecule has 8 heteroatoms. The van der Waals surface area contributed by atoms with Crippen LogP contribution in [0.3, 0.4) is 0 Å². The van der Waals surface area contributed by atoms with E-state index in [0.29, 0.717) is 18.2 Å². The third-order valence-electron chi connectivity index (χ3n) is 5.51. The number of benzene rings is 1. The summed E-state index contributed by atoms with van der Waals surface area (Å²) in [5.74, 6) is 2.58. The van der Waals surface area contributed by atoms with Crippen LogP contribution in [0.2, 0.25) is 0 Å². The van der Waals surface area contributed by atoms with Gasteiger partial charge in [0.1, 0.15) is 11.5 Å². The number of allylic oxidation sites excluding steroid dienone is 3. The molecule has 1 aliphatic carbocycles. The first-order valence-electron chi connectivity index (χ1n) is 11.0. The molecule has 0 spiro atoms. The van der Waals surface area contributed by atoms with Gasteiger partial charge in [-0.25, -0.2) is 0 Å². The van der Waals surface area contributed by atoms with E-state index >= 15 is 0 Å². The minimum Gasteiger partial charge on any atom is -0.497 e. The van der Waals surface area contributed by atoms with Crippen LogP contribution in [0.1, 0.15) is 31.4 Å². The Morgan fingerprint density at radius 3 is 2.79 bits per heavy atom. The third-order valence-corrected chi connectivity index (χ3v) is 6.46. The Bertz CT molecular complexity index is 1100. The van der Waals surface area contributed by atoms with E-state index in [1.807, 2.05) is 45.9 Å². The van der Waals surface area contributed by atoms with Gasteiger partial charge in [0.2, 0.25) is 5.91 Å². The van der Waals surface area contributed by atoms with Crippen molar-refractivity contribution in [1.29, 1.82) is 0 Å². The summed E-state index contributed by atoms with van der Waals surface area (Å²) in [4.78, 5) is 15.1. The molecule has 1 aliphatic rings. The number of furan rings is 1. The van der Waals surface area contributed by atoms with Crippen LogP contribution in [0, 0.1) is 0 Å². The number of carbonyl (C=O) groups excluding carboxylic acids is 1. The maximum atomic E-state index is 13.3. The number of ether oxygens (including phenoxy) is 1. The zero-order chi connectivity index (χ0) is 23.0. The molecule has 0 saturated heterocycles. The van der Waals surface area contributed by atoms with Crippen LogP contribution < -0.4 is 4.74 Å². The molecule has 4 rings (SSSR count). The van der Waals surface area contributed by atoms with Gasteiger partial charge in [-0.3, -0.25) is 9.36 Å². The fourth-order valence-corrected chi connectivity index (χ4v) is 4.65. The van der Waals surface area contributed by atoms with Crippen LogP contribution in [-0.4, -0.2) is 38.4 Å². The van der Waals surface area contributed by atoms with E-state index in [1.54, 1.807) is 19.4 Å². The van der Waals surface area contributed by atoms with Crippen molar-refractivity contribution in [3.63, 3.8) is 0 Å². The van der Waals surface area contributed by atoms with Gasteiger partial charge in [0.05, 0.1) is 25.7 Å². The summed E-state index contributed by atoms with van der Waals surface area (Å²) >= 11 is 1.39. The van der Waals surface area contributed by atoms with E-state index in [0.717, 1.165) is 47.9 Å². The second-order valence-electron chi connectivity index (χ2n) is 7.72. The molecule has 0 saturated carbocycles. The summed E-state index contributed by atoms with van der Waals surface area (Å²) < 4.78 is 12.7. The number of hydrogen-bond acceptors (Lipinski definition) is 6. The molecule has 2 aromatic heterocycles. The number of thioether (sulfide) groups is 1. The highest BCUT2D eigenvalue weighted by Gasteiger charge is 2.22. The molecule has 0 bridgehead atoms. The molecule has 1 aromatic carbocycles. The van der Waals surface area contributed by atoms with Crippen molar-refractivity contribution in [1.82, 2.24) is 19.7 Å². The Morgan fingerprint density at radius 2 is 2.12 bits per heavy atom. The summed E-state index contributed by atoms with van der Waals surface area (Å²) in [5.41, 5.74) is 2.00. The number of hydrogen-bond donors (Lipinski definition) is 0. The van der Waals surface area contributed by atoms with E-state index < -0.39 is 0 Å². The summed E-state index contributed by atoms with van der Waals surface area (Å²) in [5, 5.41) is 9.44. The number of aromatic nitrogens is 3. The summed E-state index contributed by atoms with van der Waals surface area (Å²) in [6.07, 6.45) is 9.80. The van der Waals surface area contributed by atoms with Crippen LogP contribution in [0.5, 0.6) is 5.75 Å². The van der Waals surface area contributed by atoms with Crippen LogP contribution in [0.25, 0.3) is 11.4 Å². The molecule has 0 unspecified atom stereocenters. The topological polar surface area (TPSA) is 73.4 Å². The standard InChI is InChI=1S/C25H28N4O3S/c1-3-15-28-24(19-11-13-21(31-2)14-12-19)26-27-25(28)33-18-23(30)29(17-22-10-7-16-32-22)20-8-5-4-6-9-20/h3,7-8,10-14,16H,1,4-6,9,15,17-18H2,2H3. The number of methoxy groups -OCH3 is 1. The molecule has 0 fully saturated rings. The second kappa shape index (κ2) is 11.0. The van der Waals surface area contributed by atoms with Crippen LogP contribution in [0.4, 0.5) is 0 Å². The summed E-state index contributed by atoms with van der Waals surface area (Å²) in [6.45, 7) is 4.85. The maximum Gasteiger partial charge on any atom is 0.237 e. The highest BCUT2D eigenvalue weighted by molar-refractivity contribution is 7.99. The Morgan fingerprint density at radius 1 is 1.27 bits per heavy atom. The van der Waals surface area contributed by atoms with Crippen molar-refractivity contribution in [2.24, 2.45) is 0 Å². The second-order valence-corrected chi connectivity index (χ2v) is 8.67. The Hall–Kier alpha value is -3.26. The Kier molecular flexibility index (Phi) is 7.67. The highest BCUT2D eigenvalue weighted by atomic mass is 32.2. The molecule has 1 amide bonds. The predicted molar refractivity (Wildman–Crippen MR) is 129 cm³/mol. The van der Waals surface area contributed by atoms with E-state index in [4.69, 9.17) is 9.15 Å². The lowest BCUT2D eigenvalue weighted by molar-refractivity contribution is -0.127. The number of amides is 1. The van der Waals surface area contributed by atoms with Crippen LogP contribution in [-0.2, 0) is 17.9 Å². The molecule has 0 N–H and O–H groups in total. The van der Waals surface area contributed by atoms with Crippen LogP contribution in [0.15, 0.2) is 76.7 Å². The minimum atomic E-state index is 0.0312. The van der Waals surface area contributed by atoms with E-state index in [9.17, 15) is 4.79 Å².